The zero-order valence-electron chi connectivity index (χ0n) is 22.2. The molecule has 0 unspecified atom stereocenters. The summed E-state index contributed by atoms with van der Waals surface area (Å²) in [5, 5.41) is 10.3. The van der Waals surface area contributed by atoms with Gasteiger partial charge >= 0.3 is 18.0 Å². The summed E-state index contributed by atoms with van der Waals surface area (Å²) in [4.78, 5) is 47.9. The van der Waals surface area contributed by atoms with Crippen LogP contribution in [0.4, 0.5) is 32.3 Å². The van der Waals surface area contributed by atoms with Gasteiger partial charge in [0, 0.05) is 23.7 Å². The van der Waals surface area contributed by atoms with E-state index in [1.807, 2.05) is 109 Å². The molecule has 4 aromatic carbocycles. The van der Waals surface area contributed by atoms with E-state index in [1.165, 1.54) is 9.80 Å². The fourth-order valence-electron chi connectivity index (χ4n) is 5.30. The summed E-state index contributed by atoms with van der Waals surface area (Å²) in [5.74, 6) is -0.469. The van der Waals surface area contributed by atoms with Crippen molar-refractivity contribution in [2.24, 2.45) is 0 Å². The minimum absolute atomic E-state index is 0.0763. The molecule has 41 heavy (non-hydrogen) atoms. The average Bonchev–Trinajstić information content (AvgIpc) is 3.18. The minimum Gasteiger partial charge on any atom is -0.480 e. The summed E-state index contributed by atoms with van der Waals surface area (Å²) in [6.07, 6.45) is 0. The number of carbonyl (C=O) groups excluding carboxylic acids is 2. The van der Waals surface area contributed by atoms with E-state index >= 15 is 0 Å². The number of nitrogens with zero attached hydrogens (tertiary/aromatic N) is 4. The Balaban J connectivity index is 1.32. The molecule has 2 heterocycles. The lowest BCUT2D eigenvalue weighted by Crippen LogP contribution is -2.62. The van der Waals surface area contributed by atoms with Gasteiger partial charge in [0.25, 0.3) is 0 Å². The number of benzene rings is 4. The molecule has 1 N–H and O–H groups in total. The number of hydrogen-bond acceptors (Lipinski definition) is 4. The Labute approximate surface area is 242 Å². The number of piperazine rings is 1. The Bertz CT molecular complexity index is 1500. The zero-order chi connectivity index (χ0) is 28.3. The molecular formula is C32H28N4O4S. The molecule has 0 bridgehead atoms. The van der Waals surface area contributed by atoms with Gasteiger partial charge in [-0.15, -0.1) is 11.8 Å². The van der Waals surface area contributed by atoms with Gasteiger partial charge in [-0.05, 0) is 48.0 Å². The molecule has 206 valence electrons. The van der Waals surface area contributed by atoms with Crippen molar-refractivity contribution in [2.75, 3.05) is 29.4 Å². The zero-order valence-corrected chi connectivity index (χ0v) is 23.0. The Morgan fingerprint density at radius 3 is 1.98 bits per heavy atom. The van der Waals surface area contributed by atoms with E-state index in [9.17, 15) is 19.5 Å². The lowest BCUT2D eigenvalue weighted by Gasteiger charge is -2.42. The normalized spacial score (nSPS) is 16.3. The number of amides is 4. The predicted octanol–water partition coefficient (Wildman–Crippen LogP) is 6.58. The second kappa shape index (κ2) is 11.4. The number of anilines is 4. The third-order valence-electron chi connectivity index (χ3n) is 7.31. The fourth-order valence-corrected chi connectivity index (χ4v) is 6.33. The van der Waals surface area contributed by atoms with Crippen molar-refractivity contribution in [1.29, 1.82) is 0 Å². The third kappa shape index (κ3) is 5.12. The molecule has 8 nitrogen and oxygen atoms in total. The monoisotopic (exact) mass is 564 g/mol. The predicted molar refractivity (Wildman–Crippen MR) is 160 cm³/mol. The number of rotatable bonds is 3. The van der Waals surface area contributed by atoms with Crippen LogP contribution >= 0.6 is 11.8 Å². The topological polar surface area (TPSA) is 84.4 Å². The number of fused-ring (bicyclic) bond motifs is 2. The molecule has 0 saturated carbocycles. The van der Waals surface area contributed by atoms with Crippen LogP contribution in [0.3, 0.4) is 0 Å². The molecule has 1 saturated heterocycles. The molecule has 6 rings (SSSR count). The molecule has 4 amide bonds. The minimum atomic E-state index is -1.22. The summed E-state index contributed by atoms with van der Waals surface area (Å²) < 4.78 is 0. The SMILES string of the molecule is O=C(O)[C@@H]1CN(C(=O)N(c2ccccc2)c2ccccc2)CCN1C(=O)N1c2ccccc2CSc2ccccc21. The van der Waals surface area contributed by atoms with Gasteiger partial charge in [0.15, 0.2) is 0 Å². The maximum absolute atomic E-state index is 14.3. The molecular weight excluding hydrogens is 536 g/mol. The molecule has 2 aliphatic heterocycles. The van der Waals surface area contributed by atoms with Crippen LogP contribution in [0, 0.1) is 0 Å². The van der Waals surface area contributed by atoms with Crippen LogP contribution in [-0.4, -0.2) is 58.6 Å². The van der Waals surface area contributed by atoms with Crippen molar-refractivity contribution in [3.05, 3.63) is 115 Å². The quantitative estimate of drug-likeness (QED) is 0.304. The maximum Gasteiger partial charge on any atom is 0.330 e. The molecule has 9 heteroatoms. The van der Waals surface area contributed by atoms with Crippen LogP contribution in [0.5, 0.6) is 0 Å². The van der Waals surface area contributed by atoms with Crippen molar-refractivity contribution in [3.8, 4) is 0 Å². The largest absolute Gasteiger partial charge is 0.480 e. The molecule has 0 spiro atoms. The van der Waals surface area contributed by atoms with Crippen LogP contribution in [0.25, 0.3) is 0 Å². The van der Waals surface area contributed by atoms with Gasteiger partial charge < -0.3 is 14.9 Å². The number of urea groups is 2. The van der Waals surface area contributed by atoms with E-state index in [4.69, 9.17) is 0 Å². The smallest absolute Gasteiger partial charge is 0.330 e. The van der Waals surface area contributed by atoms with Gasteiger partial charge in [-0.3, -0.25) is 9.80 Å². The summed E-state index contributed by atoms with van der Waals surface area (Å²) in [6.45, 7) is 0.130. The number of carboxylic acid groups (broad SMARTS) is 1. The van der Waals surface area contributed by atoms with E-state index < -0.39 is 18.0 Å². The summed E-state index contributed by atoms with van der Waals surface area (Å²) in [6, 6.07) is 31.9. The van der Waals surface area contributed by atoms with Crippen molar-refractivity contribution in [1.82, 2.24) is 9.80 Å². The van der Waals surface area contributed by atoms with Crippen LogP contribution in [0.2, 0.25) is 0 Å². The van der Waals surface area contributed by atoms with E-state index in [0.717, 1.165) is 21.8 Å². The molecule has 4 aromatic rings. The van der Waals surface area contributed by atoms with Gasteiger partial charge in [0.1, 0.15) is 6.04 Å². The van der Waals surface area contributed by atoms with Crippen molar-refractivity contribution < 1.29 is 19.5 Å². The van der Waals surface area contributed by atoms with Gasteiger partial charge in [-0.25, -0.2) is 14.4 Å². The van der Waals surface area contributed by atoms with Crippen molar-refractivity contribution in [2.45, 2.75) is 16.7 Å². The van der Waals surface area contributed by atoms with E-state index in [0.29, 0.717) is 17.1 Å². The van der Waals surface area contributed by atoms with Crippen LogP contribution in [-0.2, 0) is 10.5 Å². The highest BCUT2D eigenvalue weighted by atomic mass is 32.2. The lowest BCUT2D eigenvalue weighted by molar-refractivity contribution is -0.143. The highest BCUT2D eigenvalue weighted by Gasteiger charge is 2.41. The molecule has 0 radical (unpaired) electrons. The standard InChI is InChI=1S/C32H28N4O4S/c37-30(38)28-21-33(31(39)35(24-12-3-1-4-13-24)25-14-5-2-6-15-25)19-20-34(28)32(40)36-26-16-8-7-11-23(26)22-41-29-18-10-9-17-27(29)36/h1-18,28H,19-22H2,(H,37,38)/t28-/m0/s1. The van der Waals surface area contributed by atoms with Gasteiger partial charge in [-0.2, -0.15) is 0 Å². The van der Waals surface area contributed by atoms with Crippen LogP contribution < -0.4 is 9.80 Å². The Hall–Kier alpha value is -4.76. The fraction of sp³-hybridized carbons (Fsp3) is 0.156. The number of carbonyl (C=O) groups is 3. The molecule has 1 fully saturated rings. The molecule has 2 aliphatic rings. The Morgan fingerprint density at radius 2 is 1.32 bits per heavy atom. The van der Waals surface area contributed by atoms with Crippen molar-refractivity contribution in [3.63, 3.8) is 0 Å². The average molecular weight is 565 g/mol. The van der Waals surface area contributed by atoms with Gasteiger partial charge in [-0.1, -0.05) is 66.7 Å². The van der Waals surface area contributed by atoms with E-state index in [2.05, 4.69) is 0 Å². The van der Waals surface area contributed by atoms with E-state index in [1.54, 1.807) is 21.6 Å². The second-order valence-corrected chi connectivity index (χ2v) is 10.8. The number of carboxylic acids is 1. The Morgan fingerprint density at radius 1 is 0.732 bits per heavy atom. The number of thioether (sulfide) groups is 1. The third-order valence-corrected chi connectivity index (χ3v) is 8.43. The number of aliphatic carboxylic acids is 1. The van der Waals surface area contributed by atoms with Crippen molar-refractivity contribution >= 4 is 52.5 Å². The lowest BCUT2D eigenvalue weighted by atomic mass is 10.1. The highest BCUT2D eigenvalue weighted by Crippen LogP contribution is 2.43. The molecule has 0 aliphatic carbocycles. The van der Waals surface area contributed by atoms with Crippen LogP contribution in [0.1, 0.15) is 5.56 Å². The maximum atomic E-state index is 14.3. The van der Waals surface area contributed by atoms with E-state index in [-0.39, 0.29) is 25.7 Å². The molecule has 0 aromatic heterocycles. The summed E-state index contributed by atoms with van der Waals surface area (Å²) in [7, 11) is 0. The first kappa shape index (κ1) is 26.5. The number of para-hydroxylation sites is 4. The number of hydrogen-bond donors (Lipinski definition) is 1. The highest BCUT2D eigenvalue weighted by molar-refractivity contribution is 7.98. The van der Waals surface area contributed by atoms with Gasteiger partial charge in [0.2, 0.25) is 0 Å². The first-order chi connectivity index (χ1) is 20.0. The van der Waals surface area contributed by atoms with Gasteiger partial charge in [0.05, 0.1) is 29.3 Å². The molecule has 1 atom stereocenters. The Kier molecular flexibility index (Phi) is 7.35. The first-order valence-electron chi connectivity index (χ1n) is 13.4. The summed E-state index contributed by atoms with van der Waals surface area (Å²) in [5.41, 5.74) is 3.78. The first-order valence-corrected chi connectivity index (χ1v) is 14.3. The summed E-state index contributed by atoms with van der Waals surface area (Å²) >= 11 is 1.64. The van der Waals surface area contributed by atoms with Crippen LogP contribution in [0.15, 0.2) is 114 Å². The second-order valence-electron chi connectivity index (χ2n) is 9.79.